The highest BCUT2D eigenvalue weighted by Gasteiger charge is 2.15. The van der Waals surface area contributed by atoms with Crippen LogP contribution >= 0.6 is 11.3 Å². The molecule has 0 aromatic carbocycles. The first-order valence-corrected chi connectivity index (χ1v) is 5.22. The Bertz CT molecular complexity index is 413. The third kappa shape index (κ3) is 2.83. The molecule has 0 aliphatic carbocycles. The number of thiophene rings is 1. The lowest BCUT2D eigenvalue weighted by molar-refractivity contribution is 0.0702. The first-order chi connectivity index (χ1) is 7.56. The van der Waals surface area contributed by atoms with Crippen molar-refractivity contribution in [1.29, 1.82) is 0 Å². The second-order valence-corrected chi connectivity index (χ2v) is 3.93. The van der Waals surface area contributed by atoms with Crippen LogP contribution in [0, 0.1) is 0 Å². The summed E-state index contributed by atoms with van der Waals surface area (Å²) in [6.45, 7) is 3.55. The summed E-state index contributed by atoms with van der Waals surface area (Å²) in [5.41, 5.74) is 0. The molecule has 0 fully saturated rings. The zero-order chi connectivity index (χ0) is 12.1. The highest BCUT2D eigenvalue weighted by atomic mass is 32.1. The van der Waals surface area contributed by atoms with Gasteiger partial charge in [0.2, 0.25) is 0 Å². The molecule has 1 N–H and O–H groups in total. The van der Waals surface area contributed by atoms with Crippen LogP contribution in [0.15, 0.2) is 24.8 Å². The largest absolute Gasteiger partial charge is 0.477 e. The average Bonchev–Trinajstić information content (AvgIpc) is 2.74. The van der Waals surface area contributed by atoms with E-state index in [1.807, 2.05) is 0 Å². The van der Waals surface area contributed by atoms with Crippen molar-refractivity contribution in [2.45, 2.75) is 0 Å². The molecule has 0 saturated heterocycles. The monoisotopic (exact) mass is 241 g/mol. The molecule has 6 heteroatoms. The summed E-state index contributed by atoms with van der Waals surface area (Å²) in [5.74, 6) is -1.01. The van der Waals surface area contributed by atoms with Crippen molar-refractivity contribution in [1.82, 2.24) is 0 Å². The van der Waals surface area contributed by atoms with Crippen molar-refractivity contribution in [2.75, 3.05) is 18.6 Å². The number of rotatable bonds is 4. The lowest BCUT2D eigenvalue weighted by Gasteiger charge is -2.13. The van der Waals surface area contributed by atoms with E-state index in [1.54, 1.807) is 6.07 Å². The quantitative estimate of drug-likeness (QED) is 0.820. The molecule has 1 aromatic heterocycles. The van der Waals surface area contributed by atoms with Crippen molar-refractivity contribution in [3.05, 3.63) is 29.7 Å². The maximum atomic E-state index is 11.4. The van der Waals surface area contributed by atoms with E-state index in [1.165, 1.54) is 24.1 Å². The van der Waals surface area contributed by atoms with Crippen LogP contribution in [0.2, 0.25) is 0 Å². The fraction of sp³-hybridized carbons (Fsp3) is 0.200. The van der Waals surface area contributed by atoms with Crippen molar-refractivity contribution >= 4 is 28.4 Å². The van der Waals surface area contributed by atoms with Crippen LogP contribution in [0.5, 0.6) is 0 Å². The van der Waals surface area contributed by atoms with Gasteiger partial charge in [-0.3, -0.25) is 4.90 Å². The third-order valence-electron chi connectivity index (χ3n) is 1.73. The van der Waals surface area contributed by atoms with E-state index in [-0.39, 0.29) is 11.5 Å². The van der Waals surface area contributed by atoms with Gasteiger partial charge in [-0.25, -0.2) is 9.59 Å². The number of carbonyl (C=O) groups is 2. The number of carbonyl (C=O) groups excluding carboxylic acids is 1. The molecule has 0 spiro atoms. The number of nitrogens with zero attached hydrogens (tertiary/aromatic N) is 1. The second-order valence-electron chi connectivity index (χ2n) is 2.87. The molecule has 5 nitrogen and oxygen atoms in total. The Morgan fingerprint density at radius 2 is 2.31 bits per heavy atom. The van der Waals surface area contributed by atoms with Crippen LogP contribution in [-0.2, 0) is 4.74 Å². The van der Waals surface area contributed by atoms with E-state index in [4.69, 9.17) is 9.84 Å². The molecule has 1 heterocycles. The van der Waals surface area contributed by atoms with Gasteiger partial charge in [0, 0.05) is 7.05 Å². The molecule has 86 valence electrons. The van der Waals surface area contributed by atoms with E-state index in [9.17, 15) is 9.59 Å². The number of hydrogen-bond acceptors (Lipinski definition) is 4. The van der Waals surface area contributed by atoms with E-state index in [0.29, 0.717) is 5.00 Å². The SMILES string of the molecule is C=CCOC(=O)N(C)c1ccc(C(=O)O)s1. The van der Waals surface area contributed by atoms with Gasteiger partial charge in [-0.05, 0) is 12.1 Å². The van der Waals surface area contributed by atoms with Gasteiger partial charge in [0.1, 0.15) is 16.5 Å². The molecule has 0 unspecified atom stereocenters. The topological polar surface area (TPSA) is 66.8 Å². The summed E-state index contributed by atoms with van der Waals surface area (Å²) in [5, 5.41) is 9.24. The van der Waals surface area contributed by atoms with Gasteiger partial charge in [0.15, 0.2) is 0 Å². The van der Waals surface area contributed by atoms with Crippen molar-refractivity contribution in [3.63, 3.8) is 0 Å². The van der Waals surface area contributed by atoms with E-state index >= 15 is 0 Å². The van der Waals surface area contributed by atoms with Crippen molar-refractivity contribution < 1.29 is 19.4 Å². The minimum Gasteiger partial charge on any atom is -0.477 e. The molecule has 1 amide bonds. The van der Waals surface area contributed by atoms with E-state index in [0.717, 1.165) is 11.3 Å². The molecule has 0 aliphatic heterocycles. The first kappa shape index (κ1) is 12.3. The van der Waals surface area contributed by atoms with Crippen molar-refractivity contribution in [2.24, 2.45) is 0 Å². The summed E-state index contributed by atoms with van der Waals surface area (Å²) in [6.07, 6.45) is 0.918. The predicted molar refractivity (Wildman–Crippen MR) is 61.2 cm³/mol. The normalized spacial score (nSPS) is 9.56. The number of aromatic carboxylic acids is 1. The third-order valence-corrected chi connectivity index (χ3v) is 2.88. The summed E-state index contributed by atoms with van der Waals surface area (Å²) in [6, 6.07) is 3.00. The summed E-state index contributed by atoms with van der Waals surface area (Å²) in [7, 11) is 1.52. The molecule has 1 rings (SSSR count). The zero-order valence-electron chi connectivity index (χ0n) is 8.67. The lowest BCUT2D eigenvalue weighted by Crippen LogP contribution is -2.26. The molecule has 0 radical (unpaired) electrons. The fourth-order valence-corrected chi connectivity index (χ4v) is 1.74. The molecule has 0 bridgehead atoms. The standard InChI is InChI=1S/C10H11NO4S/c1-3-6-15-10(14)11(2)8-5-4-7(16-8)9(12)13/h3-5H,1,6H2,2H3,(H,12,13). The maximum Gasteiger partial charge on any atom is 0.414 e. The number of hydrogen-bond donors (Lipinski definition) is 1. The average molecular weight is 241 g/mol. The van der Waals surface area contributed by atoms with Crippen LogP contribution < -0.4 is 4.90 Å². The molecule has 0 saturated carbocycles. The Morgan fingerprint density at radius 3 is 2.81 bits per heavy atom. The lowest BCUT2D eigenvalue weighted by atomic mass is 10.5. The maximum absolute atomic E-state index is 11.4. The second kappa shape index (κ2) is 5.32. The first-order valence-electron chi connectivity index (χ1n) is 4.40. The van der Waals surface area contributed by atoms with Gasteiger partial charge in [-0.1, -0.05) is 12.7 Å². The van der Waals surface area contributed by atoms with Gasteiger partial charge >= 0.3 is 12.1 Å². The minimum atomic E-state index is -1.01. The number of carboxylic acids is 1. The molecular weight excluding hydrogens is 230 g/mol. The number of anilines is 1. The van der Waals surface area contributed by atoms with Crippen LogP contribution in [0.3, 0.4) is 0 Å². The Balaban J connectivity index is 2.71. The summed E-state index contributed by atoms with van der Waals surface area (Å²) >= 11 is 1.01. The Kier molecular flexibility index (Phi) is 4.07. The predicted octanol–water partition coefficient (Wildman–Crippen LogP) is 2.21. The molecule has 0 aliphatic rings. The molecule has 1 aromatic rings. The van der Waals surface area contributed by atoms with Gasteiger partial charge < -0.3 is 9.84 Å². The smallest absolute Gasteiger partial charge is 0.414 e. The Labute approximate surface area is 96.6 Å². The fourth-order valence-electron chi connectivity index (χ4n) is 0.940. The molecule has 16 heavy (non-hydrogen) atoms. The number of carboxylic acid groups (broad SMARTS) is 1. The number of amides is 1. The van der Waals surface area contributed by atoms with Crippen LogP contribution in [0.4, 0.5) is 9.80 Å². The Hall–Kier alpha value is -1.82. The van der Waals surface area contributed by atoms with Gasteiger partial charge in [0.25, 0.3) is 0 Å². The minimum absolute atomic E-state index is 0.125. The molecule has 0 atom stereocenters. The van der Waals surface area contributed by atoms with E-state index in [2.05, 4.69) is 6.58 Å². The molecular formula is C10H11NO4S. The highest BCUT2D eigenvalue weighted by Crippen LogP contribution is 2.25. The summed E-state index contributed by atoms with van der Waals surface area (Å²) < 4.78 is 4.81. The summed E-state index contributed by atoms with van der Waals surface area (Å²) in [4.78, 5) is 23.5. The Morgan fingerprint density at radius 1 is 1.62 bits per heavy atom. The van der Waals surface area contributed by atoms with E-state index < -0.39 is 12.1 Å². The van der Waals surface area contributed by atoms with Crippen LogP contribution in [0.1, 0.15) is 9.67 Å². The zero-order valence-corrected chi connectivity index (χ0v) is 9.49. The van der Waals surface area contributed by atoms with Gasteiger partial charge in [-0.15, -0.1) is 11.3 Å². The van der Waals surface area contributed by atoms with Gasteiger partial charge in [0.05, 0.1) is 0 Å². The van der Waals surface area contributed by atoms with Crippen LogP contribution in [-0.4, -0.2) is 30.8 Å². The number of ether oxygens (including phenoxy) is 1. The van der Waals surface area contributed by atoms with Crippen molar-refractivity contribution in [3.8, 4) is 0 Å². The van der Waals surface area contributed by atoms with Crippen LogP contribution in [0.25, 0.3) is 0 Å². The highest BCUT2D eigenvalue weighted by molar-refractivity contribution is 7.18. The van der Waals surface area contributed by atoms with Gasteiger partial charge in [-0.2, -0.15) is 0 Å².